The van der Waals surface area contributed by atoms with E-state index in [1.165, 1.54) is 0 Å². The summed E-state index contributed by atoms with van der Waals surface area (Å²) in [5, 5.41) is 18.3. The Morgan fingerprint density at radius 3 is 2.55 bits per heavy atom. The second kappa shape index (κ2) is 8.57. The minimum atomic E-state index is -0.481. The van der Waals surface area contributed by atoms with Gasteiger partial charge in [0, 0.05) is 26.3 Å². The van der Waals surface area contributed by atoms with Crippen molar-refractivity contribution in [2.45, 2.75) is 13.0 Å². The summed E-state index contributed by atoms with van der Waals surface area (Å²) >= 11 is 9.57. The van der Waals surface area contributed by atoms with Gasteiger partial charge in [-0.25, -0.2) is 0 Å². The van der Waals surface area contributed by atoms with Gasteiger partial charge < -0.3 is 9.84 Å². The van der Waals surface area contributed by atoms with Gasteiger partial charge in [0.15, 0.2) is 11.5 Å². The number of hydrogen-bond acceptors (Lipinski definition) is 4. The highest BCUT2D eigenvalue weighted by molar-refractivity contribution is 9.10. The number of aromatic amines is 1. The van der Waals surface area contributed by atoms with E-state index in [9.17, 15) is 9.90 Å². The van der Waals surface area contributed by atoms with Gasteiger partial charge in [-0.1, -0.05) is 45.7 Å². The van der Waals surface area contributed by atoms with Gasteiger partial charge in [0.1, 0.15) is 5.69 Å². The minimum absolute atomic E-state index is 0.0449. The van der Waals surface area contributed by atoms with Crippen LogP contribution in [0.1, 0.15) is 34.6 Å². The van der Waals surface area contributed by atoms with Crippen LogP contribution in [0.25, 0.3) is 11.3 Å². The predicted octanol–water partition coefficient (Wildman–Crippen LogP) is 6.35. The van der Waals surface area contributed by atoms with Crippen LogP contribution in [0, 0.1) is 0 Å². The van der Waals surface area contributed by atoms with Crippen LogP contribution in [-0.2, 0) is 0 Å². The third-order valence-corrected chi connectivity index (χ3v) is 6.37. The molecule has 1 aliphatic rings. The Kier molecular flexibility index (Phi) is 5.60. The lowest BCUT2D eigenvalue weighted by atomic mass is 9.95. The molecule has 0 unspecified atom stereocenters. The van der Waals surface area contributed by atoms with E-state index >= 15 is 0 Å². The van der Waals surface area contributed by atoms with Gasteiger partial charge in [0.05, 0.1) is 18.3 Å². The molecule has 0 fully saturated rings. The van der Waals surface area contributed by atoms with Crippen molar-refractivity contribution in [1.82, 2.24) is 10.2 Å². The number of nitrogens with zero attached hydrogens (tertiary/aromatic N) is 2. The predicted molar refractivity (Wildman–Crippen MR) is 131 cm³/mol. The number of halogens is 2. The third kappa shape index (κ3) is 3.77. The molecule has 166 valence electrons. The van der Waals surface area contributed by atoms with Crippen LogP contribution in [0.2, 0.25) is 5.02 Å². The highest BCUT2D eigenvalue weighted by atomic mass is 79.9. The van der Waals surface area contributed by atoms with Gasteiger partial charge in [-0.15, -0.1) is 0 Å². The molecule has 1 amide bonds. The van der Waals surface area contributed by atoms with Crippen molar-refractivity contribution in [2.24, 2.45) is 0 Å². The second-order valence-electron chi connectivity index (χ2n) is 7.58. The summed E-state index contributed by atoms with van der Waals surface area (Å²) in [4.78, 5) is 15.3. The number of amides is 1. The van der Waals surface area contributed by atoms with E-state index < -0.39 is 6.04 Å². The van der Waals surface area contributed by atoms with Crippen LogP contribution in [0.4, 0.5) is 5.69 Å². The molecule has 8 heteroatoms. The maximum atomic E-state index is 13.6. The molecule has 3 aromatic carbocycles. The molecule has 0 radical (unpaired) electrons. The van der Waals surface area contributed by atoms with Crippen molar-refractivity contribution in [3.8, 4) is 22.8 Å². The van der Waals surface area contributed by atoms with E-state index in [2.05, 4.69) is 26.1 Å². The summed E-state index contributed by atoms with van der Waals surface area (Å²) in [6, 6.07) is 19.6. The maximum absolute atomic E-state index is 13.6. The zero-order valence-corrected chi connectivity index (χ0v) is 19.9. The third-order valence-electron chi connectivity index (χ3n) is 5.59. The molecule has 0 saturated carbocycles. The first kappa shape index (κ1) is 21.6. The Morgan fingerprint density at radius 1 is 1.12 bits per heavy atom. The number of anilines is 1. The van der Waals surface area contributed by atoms with Gasteiger partial charge in [-0.05, 0) is 61.0 Å². The van der Waals surface area contributed by atoms with Crippen molar-refractivity contribution < 1.29 is 14.6 Å². The van der Waals surface area contributed by atoms with Crippen molar-refractivity contribution >= 4 is 39.1 Å². The normalized spacial score (nSPS) is 15.1. The molecule has 1 aliphatic heterocycles. The number of phenolic OH excluding ortho intramolecular Hbond substituents is 1. The quantitative estimate of drug-likeness (QED) is 0.319. The van der Waals surface area contributed by atoms with Crippen molar-refractivity contribution in [3.05, 3.63) is 93.0 Å². The summed E-state index contributed by atoms with van der Waals surface area (Å²) in [5.41, 5.74) is 4.27. The van der Waals surface area contributed by atoms with E-state index in [0.29, 0.717) is 34.5 Å². The second-order valence-corrected chi connectivity index (χ2v) is 8.93. The molecular weight excluding hydrogens is 506 g/mol. The number of ether oxygens (including phenoxy) is 1. The first-order valence-corrected chi connectivity index (χ1v) is 11.5. The lowest BCUT2D eigenvalue weighted by Crippen LogP contribution is -2.29. The molecule has 5 rings (SSSR count). The summed E-state index contributed by atoms with van der Waals surface area (Å²) < 4.78 is 6.57. The number of phenols is 1. The molecule has 0 bridgehead atoms. The molecule has 0 aliphatic carbocycles. The number of nitrogens with one attached hydrogen (secondary N) is 1. The first-order valence-electron chi connectivity index (χ1n) is 10.4. The Balaban J connectivity index is 1.72. The summed E-state index contributed by atoms with van der Waals surface area (Å²) in [6.45, 7) is 2.26. The van der Waals surface area contributed by atoms with Crippen LogP contribution in [0.5, 0.6) is 11.5 Å². The van der Waals surface area contributed by atoms with Gasteiger partial charge in [0.25, 0.3) is 5.91 Å². The van der Waals surface area contributed by atoms with Gasteiger partial charge >= 0.3 is 0 Å². The van der Waals surface area contributed by atoms with Crippen LogP contribution >= 0.6 is 27.5 Å². The number of H-pyrrole nitrogens is 1. The SMILES string of the molecule is CCOc1cc([C@H]2c3c(-c4ccc(Br)cc4)n[nH]c3C(=O)N2c2ccc(Cl)cc2)ccc1O. The van der Waals surface area contributed by atoms with Crippen LogP contribution in [0.15, 0.2) is 71.2 Å². The highest BCUT2D eigenvalue weighted by Crippen LogP contribution is 2.46. The first-order chi connectivity index (χ1) is 16.0. The average molecular weight is 525 g/mol. The lowest BCUT2D eigenvalue weighted by molar-refractivity contribution is 0.0988. The zero-order chi connectivity index (χ0) is 23.1. The molecular formula is C25H19BrClN3O3. The number of fused-ring (bicyclic) bond motifs is 1. The van der Waals surface area contributed by atoms with E-state index in [-0.39, 0.29) is 11.7 Å². The van der Waals surface area contributed by atoms with Crippen molar-refractivity contribution in [1.29, 1.82) is 0 Å². The molecule has 33 heavy (non-hydrogen) atoms. The Hall–Kier alpha value is -3.29. The lowest BCUT2D eigenvalue weighted by Gasteiger charge is -2.27. The van der Waals surface area contributed by atoms with Crippen LogP contribution < -0.4 is 9.64 Å². The number of carbonyl (C=O) groups excluding carboxylic acids is 1. The molecule has 1 atom stereocenters. The molecule has 2 heterocycles. The number of benzene rings is 3. The largest absolute Gasteiger partial charge is 0.504 e. The van der Waals surface area contributed by atoms with E-state index in [1.807, 2.05) is 43.3 Å². The Bertz CT molecular complexity index is 1340. The molecule has 2 N–H and O–H groups in total. The van der Waals surface area contributed by atoms with E-state index in [4.69, 9.17) is 16.3 Å². The standard InChI is InChI=1S/C25H19BrClN3O3/c1-2-33-20-13-15(5-12-19(20)31)24-21-22(14-3-6-16(26)7-4-14)28-29-23(21)25(32)30(24)18-10-8-17(27)9-11-18/h3-13,24,31H,2H2,1H3,(H,28,29)/t24-/m0/s1. The molecule has 0 saturated heterocycles. The number of carbonyl (C=O) groups is 1. The maximum Gasteiger partial charge on any atom is 0.277 e. The minimum Gasteiger partial charge on any atom is -0.504 e. The van der Waals surface area contributed by atoms with Crippen molar-refractivity contribution in [2.75, 3.05) is 11.5 Å². The van der Waals surface area contributed by atoms with E-state index in [0.717, 1.165) is 21.2 Å². The monoisotopic (exact) mass is 523 g/mol. The smallest absolute Gasteiger partial charge is 0.277 e. The van der Waals surface area contributed by atoms with Gasteiger partial charge in [0.2, 0.25) is 0 Å². The number of hydrogen-bond donors (Lipinski definition) is 2. The van der Waals surface area contributed by atoms with Crippen LogP contribution in [-0.4, -0.2) is 27.8 Å². The number of rotatable bonds is 5. The highest BCUT2D eigenvalue weighted by Gasteiger charge is 2.43. The fourth-order valence-electron chi connectivity index (χ4n) is 4.13. The fraction of sp³-hybridized carbons (Fsp3) is 0.120. The topological polar surface area (TPSA) is 78.5 Å². The van der Waals surface area contributed by atoms with Crippen molar-refractivity contribution in [3.63, 3.8) is 0 Å². The Morgan fingerprint density at radius 2 is 1.85 bits per heavy atom. The number of aromatic hydroxyl groups is 1. The Labute approximate surface area is 203 Å². The summed E-state index contributed by atoms with van der Waals surface area (Å²) in [6.07, 6.45) is 0. The zero-order valence-electron chi connectivity index (χ0n) is 17.5. The molecule has 4 aromatic rings. The number of aromatic nitrogens is 2. The summed E-state index contributed by atoms with van der Waals surface area (Å²) in [5.74, 6) is 0.211. The molecule has 1 aromatic heterocycles. The van der Waals surface area contributed by atoms with Gasteiger partial charge in [-0.3, -0.25) is 14.8 Å². The fourth-order valence-corrected chi connectivity index (χ4v) is 4.52. The van der Waals surface area contributed by atoms with Gasteiger partial charge in [-0.2, -0.15) is 5.10 Å². The van der Waals surface area contributed by atoms with Crippen LogP contribution in [0.3, 0.4) is 0 Å². The molecule has 6 nitrogen and oxygen atoms in total. The average Bonchev–Trinajstić information content (AvgIpc) is 3.36. The molecule has 0 spiro atoms. The summed E-state index contributed by atoms with van der Waals surface area (Å²) in [7, 11) is 0. The van der Waals surface area contributed by atoms with E-state index in [1.54, 1.807) is 35.2 Å².